The van der Waals surface area contributed by atoms with Crippen molar-refractivity contribution >= 4 is 11.6 Å². The highest BCUT2D eigenvalue weighted by molar-refractivity contribution is 6.17. The van der Waals surface area contributed by atoms with E-state index in [1.807, 2.05) is 48.5 Å². The van der Waals surface area contributed by atoms with Crippen LogP contribution in [0.3, 0.4) is 0 Å². The molecule has 3 rings (SSSR count). The monoisotopic (exact) mass is 358 g/mol. The van der Waals surface area contributed by atoms with Crippen LogP contribution in [0.2, 0.25) is 0 Å². The standard InChI is InChI=1S/C19H19ClN2O3/c1-24-16-7-3-14(4-8-16)18-13-19(23)22(21-18)15-5-9-17(10-6-15)25-12-2-11-20/h3-10,13,21H,2,11-12H2,1H3. The van der Waals surface area contributed by atoms with Crippen LogP contribution in [0.1, 0.15) is 6.42 Å². The third-order valence-corrected chi connectivity index (χ3v) is 4.03. The van der Waals surface area contributed by atoms with Crippen molar-refractivity contribution in [2.45, 2.75) is 6.42 Å². The van der Waals surface area contributed by atoms with Gasteiger partial charge in [-0.3, -0.25) is 9.89 Å². The van der Waals surface area contributed by atoms with Crippen molar-refractivity contribution in [3.8, 4) is 28.4 Å². The lowest BCUT2D eigenvalue weighted by Gasteiger charge is -2.07. The van der Waals surface area contributed by atoms with Crippen molar-refractivity contribution in [2.75, 3.05) is 19.6 Å². The van der Waals surface area contributed by atoms with Gasteiger partial charge in [0.25, 0.3) is 5.56 Å². The molecule has 0 fully saturated rings. The summed E-state index contributed by atoms with van der Waals surface area (Å²) in [5.74, 6) is 2.10. The number of H-pyrrole nitrogens is 1. The molecule has 0 saturated heterocycles. The molecular formula is C19H19ClN2O3. The maximum atomic E-state index is 12.3. The van der Waals surface area contributed by atoms with Crippen LogP contribution >= 0.6 is 11.6 Å². The largest absolute Gasteiger partial charge is 0.497 e. The Kier molecular flexibility index (Phi) is 5.46. The van der Waals surface area contributed by atoms with Crippen LogP contribution in [0.5, 0.6) is 11.5 Å². The zero-order chi connectivity index (χ0) is 17.6. The molecule has 2 aromatic carbocycles. The van der Waals surface area contributed by atoms with Crippen molar-refractivity contribution in [2.24, 2.45) is 0 Å². The number of alkyl halides is 1. The maximum absolute atomic E-state index is 12.3. The van der Waals surface area contributed by atoms with E-state index in [0.717, 1.165) is 34.9 Å². The topological polar surface area (TPSA) is 56.2 Å². The Morgan fingerprint density at radius 2 is 1.72 bits per heavy atom. The van der Waals surface area contributed by atoms with Gasteiger partial charge in [0.2, 0.25) is 0 Å². The van der Waals surface area contributed by atoms with Gasteiger partial charge < -0.3 is 9.47 Å². The third-order valence-electron chi connectivity index (χ3n) is 3.76. The van der Waals surface area contributed by atoms with Gasteiger partial charge in [-0.2, -0.15) is 0 Å². The molecule has 1 heterocycles. The van der Waals surface area contributed by atoms with E-state index in [-0.39, 0.29) is 5.56 Å². The Balaban J connectivity index is 1.81. The van der Waals surface area contributed by atoms with Crippen molar-refractivity contribution in [3.63, 3.8) is 0 Å². The van der Waals surface area contributed by atoms with Crippen LogP contribution < -0.4 is 15.0 Å². The molecule has 0 aliphatic rings. The van der Waals surface area contributed by atoms with Gasteiger partial charge in [0, 0.05) is 11.9 Å². The molecule has 0 radical (unpaired) electrons. The minimum absolute atomic E-state index is 0.123. The number of benzene rings is 2. The first-order valence-corrected chi connectivity index (χ1v) is 8.50. The van der Waals surface area contributed by atoms with Crippen molar-refractivity contribution in [3.05, 3.63) is 65.0 Å². The highest BCUT2D eigenvalue weighted by Crippen LogP contribution is 2.21. The number of nitrogens with zero attached hydrogens (tertiary/aromatic N) is 1. The van der Waals surface area contributed by atoms with E-state index < -0.39 is 0 Å². The number of aromatic amines is 1. The van der Waals surface area contributed by atoms with Crippen LogP contribution in [0.25, 0.3) is 16.9 Å². The second-order valence-electron chi connectivity index (χ2n) is 5.46. The van der Waals surface area contributed by atoms with Crippen molar-refractivity contribution in [1.29, 1.82) is 0 Å². The lowest BCUT2D eigenvalue weighted by Crippen LogP contribution is -2.13. The average molecular weight is 359 g/mol. The summed E-state index contributed by atoms with van der Waals surface area (Å²) >= 11 is 5.63. The van der Waals surface area contributed by atoms with Crippen molar-refractivity contribution in [1.82, 2.24) is 9.78 Å². The zero-order valence-corrected chi connectivity index (χ0v) is 14.6. The Hall–Kier alpha value is -2.66. The molecule has 1 N–H and O–H groups in total. The van der Waals surface area contributed by atoms with E-state index in [2.05, 4.69) is 5.10 Å². The summed E-state index contributed by atoms with van der Waals surface area (Å²) in [6.45, 7) is 0.576. The molecule has 1 aromatic heterocycles. The number of methoxy groups -OCH3 is 1. The third kappa shape index (κ3) is 4.06. The molecule has 3 aromatic rings. The Bertz CT molecular complexity index is 867. The molecule has 0 saturated carbocycles. The van der Waals surface area contributed by atoms with Crippen LogP contribution in [0, 0.1) is 0 Å². The van der Waals surface area contributed by atoms with Crippen LogP contribution in [-0.2, 0) is 0 Å². The molecule has 0 unspecified atom stereocenters. The molecule has 25 heavy (non-hydrogen) atoms. The fraction of sp³-hybridized carbons (Fsp3) is 0.211. The lowest BCUT2D eigenvalue weighted by molar-refractivity contribution is 0.318. The number of nitrogens with one attached hydrogen (secondary N) is 1. The Morgan fingerprint density at radius 1 is 1.04 bits per heavy atom. The van der Waals surface area contributed by atoms with E-state index in [4.69, 9.17) is 21.1 Å². The van der Waals surface area contributed by atoms with E-state index in [9.17, 15) is 4.79 Å². The Labute approximate surface area is 150 Å². The molecule has 5 nitrogen and oxygen atoms in total. The summed E-state index contributed by atoms with van der Waals surface area (Å²) in [7, 11) is 1.62. The van der Waals surface area contributed by atoms with Gasteiger partial charge in [-0.15, -0.1) is 11.6 Å². The predicted octanol–water partition coefficient (Wildman–Crippen LogP) is 3.85. The van der Waals surface area contributed by atoms with Gasteiger partial charge in [-0.1, -0.05) is 0 Å². The minimum Gasteiger partial charge on any atom is -0.497 e. The number of ether oxygens (including phenoxy) is 2. The summed E-state index contributed by atoms with van der Waals surface area (Å²) in [6, 6.07) is 16.5. The molecule has 0 aliphatic carbocycles. The maximum Gasteiger partial charge on any atom is 0.271 e. The van der Waals surface area contributed by atoms with Crippen molar-refractivity contribution < 1.29 is 9.47 Å². The second-order valence-corrected chi connectivity index (χ2v) is 5.83. The first-order chi connectivity index (χ1) is 12.2. The number of halogens is 1. The SMILES string of the molecule is COc1ccc(-c2cc(=O)n(-c3ccc(OCCCCl)cc3)[nH]2)cc1. The predicted molar refractivity (Wildman–Crippen MR) is 99.2 cm³/mol. The van der Waals surface area contributed by atoms with Gasteiger partial charge in [-0.05, 0) is 60.5 Å². The highest BCUT2D eigenvalue weighted by atomic mass is 35.5. The molecule has 0 amide bonds. The van der Waals surface area contributed by atoms with Gasteiger partial charge >= 0.3 is 0 Å². The van der Waals surface area contributed by atoms with Crippen LogP contribution in [0.15, 0.2) is 59.4 Å². The normalized spacial score (nSPS) is 10.6. The van der Waals surface area contributed by atoms with Gasteiger partial charge in [-0.25, -0.2) is 4.68 Å². The molecule has 0 spiro atoms. The molecule has 0 atom stereocenters. The van der Waals surface area contributed by atoms with E-state index in [1.165, 1.54) is 4.68 Å². The summed E-state index contributed by atoms with van der Waals surface area (Å²) in [5.41, 5.74) is 2.28. The summed E-state index contributed by atoms with van der Waals surface area (Å²) in [5, 5.41) is 3.13. The molecule has 6 heteroatoms. The first kappa shape index (κ1) is 17.2. The quantitative estimate of drug-likeness (QED) is 0.515. The van der Waals surface area contributed by atoms with Gasteiger partial charge in [0.1, 0.15) is 11.5 Å². The number of hydrogen-bond acceptors (Lipinski definition) is 3. The zero-order valence-electron chi connectivity index (χ0n) is 13.9. The summed E-state index contributed by atoms with van der Waals surface area (Å²) < 4.78 is 12.2. The first-order valence-electron chi connectivity index (χ1n) is 7.97. The van der Waals surface area contributed by atoms with Crippen LogP contribution in [0.4, 0.5) is 0 Å². The average Bonchev–Trinajstić information content (AvgIpc) is 3.04. The van der Waals surface area contributed by atoms with Gasteiger partial charge in [0.05, 0.1) is 25.1 Å². The van der Waals surface area contributed by atoms with Gasteiger partial charge in [0.15, 0.2) is 0 Å². The van der Waals surface area contributed by atoms with E-state index in [0.29, 0.717) is 12.5 Å². The fourth-order valence-corrected chi connectivity index (χ4v) is 2.55. The number of rotatable bonds is 7. The number of hydrogen-bond donors (Lipinski definition) is 1. The molecular weight excluding hydrogens is 340 g/mol. The second kappa shape index (κ2) is 7.94. The van der Waals surface area contributed by atoms with Crippen LogP contribution in [-0.4, -0.2) is 29.4 Å². The smallest absolute Gasteiger partial charge is 0.271 e. The lowest BCUT2D eigenvalue weighted by atomic mass is 10.1. The number of aromatic nitrogens is 2. The van der Waals surface area contributed by atoms with E-state index in [1.54, 1.807) is 13.2 Å². The van der Waals surface area contributed by atoms with E-state index >= 15 is 0 Å². The fourth-order valence-electron chi connectivity index (χ4n) is 2.44. The molecule has 130 valence electrons. The summed E-state index contributed by atoms with van der Waals surface area (Å²) in [4.78, 5) is 12.3. The molecule has 0 bridgehead atoms. The highest BCUT2D eigenvalue weighted by Gasteiger charge is 2.07. The molecule has 0 aliphatic heterocycles. The minimum atomic E-state index is -0.123. The summed E-state index contributed by atoms with van der Waals surface area (Å²) in [6.07, 6.45) is 0.796. The Morgan fingerprint density at radius 3 is 2.36 bits per heavy atom.